The Bertz CT molecular complexity index is 109. The molecular formula is C4H6O3S2. The quantitative estimate of drug-likeness (QED) is 0.406. The van der Waals surface area contributed by atoms with Crippen LogP contribution in [0.4, 0.5) is 9.59 Å². The van der Waals surface area contributed by atoms with E-state index in [2.05, 4.69) is 4.74 Å². The van der Waals surface area contributed by atoms with Crippen molar-refractivity contribution in [3.8, 4) is 0 Å². The van der Waals surface area contributed by atoms with Crippen molar-refractivity contribution in [1.82, 2.24) is 0 Å². The van der Waals surface area contributed by atoms with Crippen LogP contribution >= 0.6 is 23.5 Å². The summed E-state index contributed by atoms with van der Waals surface area (Å²) in [6, 6.07) is 0. The Morgan fingerprint density at radius 2 is 1.44 bits per heavy atom. The molecule has 0 spiro atoms. The lowest BCUT2D eigenvalue weighted by atomic mass is 11.4. The zero-order chi connectivity index (χ0) is 7.28. The molecule has 0 aliphatic rings. The zero-order valence-electron chi connectivity index (χ0n) is 5.04. The van der Waals surface area contributed by atoms with Gasteiger partial charge in [0, 0.05) is 0 Å². The van der Waals surface area contributed by atoms with E-state index >= 15 is 0 Å². The van der Waals surface area contributed by atoms with Crippen LogP contribution in [-0.4, -0.2) is 23.1 Å². The Morgan fingerprint density at radius 3 is 1.67 bits per heavy atom. The van der Waals surface area contributed by atoms with Crippen LogP contribution in [0, 0.1) is 0 Å². The maximum atomic E-state index is 10.3. The zero-order valence-corrected chi connectivity index (χ0v) is 6.67. The summed E-state index contributed by atoms with van der Waals surface area (Å²) in [7, 11) is 0. The average Bonchev–Trinajstić information content (AvgIpc) is 1.87. The second-order valence-corrected chi connectivity index (χ2v) is 2.49. The first kappa shape index (κ1) is 8.84. The molecule has 0 unspecified atom stereocenters. The molecule has 0 aromatic rings. The topological polar surface area (TPSA) is 43.4 Å². The van der Waals surface area contributed by atoms with Gasteiger partial charge in [0.1, 0.15) is 0 Å². The Hall–Kier alpha value is -0.160. The molecule has 5 heteroatoms. The van der Waals surface area contributed by atoms with Crippen molar-refractivity contribution in [2.75, 3.05) is 12.5 Å². The fourth-order valence-corrected chi connectivity index (χ4v) is 0.522. The molecule has 0 saturated heterocycles. The van der Waals surface area contributed by atoms with Gasteiger partial charge in [-0.25, -0.2) is 9.59 Å². The van der Waals surface area contributed by atoms with E-state index in [1.165, 1.54) is 0 Å². The summed E-state index contributed by atoms with van der Waals surface area (Å²) in [6.45, 7) is 0. The van der Waals surface area contributed by atoms with Crippen molar-refractivity contribution in [2.24, 2.45) is 0 Å². The Morgan fingerprint density at radius 1 is 1.11 bits per heavy atom. The van der Waals surface area contributed by atoms with Gasteiger partial charge in [-0.3, -0.25) is 0 Å². The molecule has 0 saturated carbocycles. The van der Waals surface area contributed by atoms with Crippen molar-refractivity contribution in [3.05, 3.63) is 0 Å². The first-order valence-corrected chi connectivity index (χ1v) is 4.49. The molecule has 0 atom stereocenters. The number of rotatable bonds is 0. The minimum absolute atomic E-state index is 0.561. The molecule has 0 rings (SSSR count). The minimum Gasteiger partial charge on any atom is -0.376 e. The molecule has 0 heterocycles. The molecule has 0 aliphatic carbocycles. The number of hydrogen-bond donors (Lipinski definition) is 0. The van der Waals surface area contributed by atoms with Gasteiger partial charge in [0.15, 0.2) is 0 Å². The summed E-state index contributed by atoms with van der Waals surface area (Å²) in [5, 5.41) is -1.12. The standard InChI is InChI=1S/C4H6O3S2/c1-8-3(5)7-4(6)9-2/h1-2H3. The molecule has 52 valence electrons. The van der Waals surface area contributed by atoms with Gasteiger partial charge in [0.25, 0.3) is 0 Å². The fourth-order valence-electron chi connectivity index (χ4n) is 0.151. The summed E-state index contributed by atoms with van der Waals surface area (Å²) in [6.07, 6.45) is 3.10. The highest BCUT2D eigenvalue weighted by molar-refractivity contribution is 8.14. The largest absolute Gasteiger partial charge is 0.376 e. The summed E-state index contributed by atoms with van der Waals surface area (Å²) in [5.41, 5.74) is 0. The van der Waals surface area contributed by atoms with Crippen molar-refractivity contribution in [1.29, 1.82) is 0 Å². The second-order valence-electron chi connectivity index (χ2n) is 1.01. The van der Waals surface area contributed by atoms with Gasteiger partial charge in [0.2, 0.25) is 0 Å². The highest BCUT2D eigenvalue weighted by atomic mass is 32.2. The molecule has 9 heavy (non-hydrogen) atoms. The van der Waals surface area contributed by atoms with Crippen LogP contribution in [-0.2, 0) is 4.74 Å². The minimum atomic E-state index is -0.561. The van der Waals surface area contributed by atoms with Gasteiger partial charge in [-0.05, 0) is 36.0 Å². The molecule has 0 fully saturated rings. The molecule has 0 aromatic carbocycles. The maximum Gasteiger partial charge on any atom is 0.375 e. The maximum absolute atomic E-state index is 10.3. The van der Waals surface area contributed by atoms with Gasteiger partial charge >= 0.3 is 10.6 Å². The van der Waals surface area contributed by atoms with Gasteiger partial charge in [-0.2, -0.15) is 0 Å². The van der Waals surface area contributed by atoms with Crippen molar-refractivity contribution in [3.63, 3.8) is 0 Å². The van der Waals surface area contributed by atoms with Crippen LogP contribution < -0.4 is 0 Å². The number of carbonyl (C=O) groups is 2. The smallest absolute Gasteiger partial charge is 0.375 e. The highest BCUT2D eigenvalue weighted by Crippen LogP contribution is 2.05. The van der Waals surface area contributed by atoms with Gasteiger partial charge < -0.3 is 4.74 Å². The van der Waals surface area contributed by atoms with Crippen LogP contribution in [0.15, 0.2) is 0 Å². The molecule has 0 aromatic heterocycles. The lowest BCUT2D eigenvalue weighted by Gasteiger charge is -1.93. The first-order chi connectivity index (χ1) is 4.20. The third kappa shape index (κ3) is 4.35. The molecule has 0 amide bonds. The second kappa shape index (κ2) is 4.69. The van der Waals surface area contributed by atoms with Crippen molar-refractivity contribution in [2.45, 2.75) is 0 Å². The van der Waals surface area contributed by atoms with E-state index in [0.717, 1.165) is 23.5 Å². The number of hydrogen-bond acceptors (Lipinski definition) is 5. The van der Waals surface area contributed by atoms with E-state index in [9.17, 15) is 9.59 Å². The van der Waals surface area contributed by atoms with E-state index in [4.69, 9.17) is 0 Å². The van der Waals surface area contributed by atoms with Crippen molar-refractivity contribution < 1.29 is 14.3 Å². The van der Waals surface area contributed by atoms with E-state index in [0.29, 0.717) is 0 Å². The van der Waals surface area contributed by atoms with Gasteiger partial charge in [0.05, 0.1) is 0 Å². The van der Waals surface area contributed by atoms with Crippen LogP contribution in [0.25, 0.3) is 0 Å². The molecule has 0 aliphatic heterocycles. The fraction of sp³-hybridized carbons (Fsp3) is 0.500. The molecule has 0 radical (unpaired) electrons. The molecule has 3 nitrogen and oxygen atoms in total. The third-order valence-corrected chi connectivity index (χ3v) is 1.33. The molecule has 0 N–H and O–H groups in total. The van der Waals surface area contributed by atoms with Gasteiger partial charge in [-0.1, -0.05) is 0 Å². The summed E-state index contributed by atoms with van der Waals surface area (Å²) in [5.74, 6) is 0. The van der Waals surface area contributed by atoms with Crippen LogP contribution in [0.2, 0.25) is 0 Å². The first-order valence-electron chi connectivity index (χ1n) is 2.04. The Kier molecular flexibility index (Phi) is 4.61. The van der Waals surface area contributed by atoms with Crippen LogP contribution in [0.1, 0.15) is 0 Å². The number of carbonyl (C=O) groups excluding carboxylic acids is 2. The lowest BCUT2D eigenvalue weighted by Crippen LogP contribution is -2.00. The summed E-state index contributed by atoms with van der Waals surface area (Å²) >= 11 is 1.75. The summed E-state index contributed by atoms with van der Waals surface area (Å²) < 4.78 is 4.20. The SMILES string of the molecule is CSC(=O)OC(=O)SC. The predicted molar refractivity (Wildman–Crippen MR) is 38.9 cm³/mol. The van der Waals surface area contributed by atoms with E-state index in [1.807, 2.05) is 0 Å². The van der Waals surface area contributed by atoms with E-state index in [-0.39, 0.29) is 0 Å². The normalized spacial score (nSPS) is 8.67. The molecule has 0 bridgehead atoms. The number of thioether (sulfide) groups is 2. The average molecular weight is 166 g/mol. The molecular weight excluding hydrogens is 160 g/mol. The third-order valence-electron chi connectivity index (χ3n) is 0.500. The van der Waals surface area contributed by atoms with Crippen LogP contribution in [0.3, 0.4) is 0 Å². The number of ether oxygens (including phenoxy) is 1. The van der Waals surface area contributed by atoms with Gasteiger partial charge in [-0.15, -0.1) is 0 Å². The van der Waals surface area contributed by atoms with E-state index < -0.39 is 10.6 Å². The van der Waals surface area contributed by atoms with E-state index in [1.54, 1.807) is 12.5 Å². The highest BCUT2D eigenvalue weighted by Gasteiger charge is 2.05. The van der Waals surface area contributed by atoms with Crippen molar-refractivity contribution >= 4 is 34.1 Å². The Balaban J connectivity index is 3.47. The summed E-state index contributed by atoms with van der Waals surface area (Å²) in [4.78, 5) is 20.6. The monoisotopic (exact) mass is 166 g/mol. The predicted octanol–water partition coefficient (Wildman–Crippen LogP) is 1.97. The Labute approximate surface area is 61.5 Å². The lowest BCUT2D eigenvalue weighted by molar-refractivity contribution is 0.187. The van der Waals surface area contributed by atoms with Crippen LogP contribution in [0.5, 0.6) is 0 Å².